The molecule has 1 aromatic heterocycles. The molecule has 0 saturated heterocycles. The molecular weight excluding hydrogens is 310 g/mol. The second-order valence-corrected chi connectivity index (χ2v) is 5.43. The van der Waals surface area contributed by atoms with E-state index in [4.69, 9.17) is 21.8 Å². The first kappa shape index (κ1) is 17.0. The molecule has 0 fully saturated rings. The Morgan fingerprint density at radius 3 is 2.61 bits per heavy atom. The highest BCUT2D eigenvalue weighted by molar-refractivity contribution is 7.71. The molecule has 5 heteroatoms. The summed E-state index contributed by atoms with van der Waals surface area (Å²) in [6.07, 6.45) is 3.08. The number of carbonyl (C=O) groups excluding carboxylic acids is 1. The summed E-state index contributed by atoms with van der Waals surface area (Å²) < 4.78 is 7.61. The normalized spacial score (nSPS) is 12.9. The van der Waals surface area contributed by atoms with E-state index in [9.17, 15) is 4.79 Å². The molecule has 2 aromatic rings. The molecule has 0 aliphatic carbocycles. The number of ether oxygens (including phenoxy) is 1. The van der Waals surface area contributed by atoms with Gasteiger partial charge in [-0.2, -0.15) is 4.73 Å². The van der Waals surface area contributed by atoms with Crippen LogP contribution in [0.1, 0.15) is 23.7 Å². The predicted octanol–water partition coefficient (Wildman–Crippen LogP) is 3.84. The molecule has 2 rings (SSSR count). The lowest BCUT2D eigenvalue weighted by Crippen LogP contribution is -2.37. The van der Waals surface area contributed by atoms with Crippen LogP contribution in [0.5, 0.6) is 0 Å². The van der Waals surface area contributed by atoms with Crippen LogP contribution >= 0.6 is 12.2 Å². The van der Waals surface area contributed by atoms with E-state index in [0.717, 1.165) is 0 Å². The van der Waals surface area contributed by atoms with Gasteiger partial charge in [0.2, 0.25) is 0 Å². The number of benzene rings is 1. The fourth-order valence-electron chi connectivity index (χ4n) is 2.03. The summed E-state index contributed by atoms with van der Waals surface area (Å²) in [5.74, 6) is -0.385. The van der Waals surface area contributed by atoms with E-state index < -0.39 is 6.10 Å². The standard InChI is InChI=1S/C18H19NO3S/c1-3-9-16(21-18(20)15-10-5-4-6-11-15)14(2)22-19-13-8-7-12-17(19)23/h3-8,10-14,16H,1,9H2,2H3/t14-,16-/m1/s1. The van der Waals surface area contributed by atoms with E-state index >= 15 is 0 Å². The minimum Gasteiger partial charge on any atom is -0.454 e. The van der Waals surface area contributed by atoms with E-state index in [1.165, 1.54) is 4.73 Å². The highest BCUT2D eigenvalue weighted by Gasteiger charge is 2.23. The van der Waals surface area contributed by atoms with Crippen molar-refractivity contribution in [2.45, 2.75) is 25.6 Å². The van der Waals surface area contributed by atoms with Crippen LogP contribution in [0.3, 0.4) is 0 Å². The van der Waals surface area contributed by atoms with Crippen molar-refractivity contribution in [2.75, 3.05) is 0 Å². The maximum Gasteiger partial charge on any atom is 0.338 e. The van der Waals surface area contributed by atoms with E-state index in [1.807, 2.05) is 25.1 Å². The molecule has 0 N–H and O–H groups in total. The molecule has 0 spiro atoms. The van der Waals surface area contributed by atoms with Gasteiger partial charge in [-0.25, -0.2) is 4.79 Å². The second-order valence-electron chi connectivity index (χ2n) is 5.01. The lowest BCUT2D eigenvalue weighted by molar-refractivity contribution is -0.0501. The molecule has 0 bridgehead atoms. The molecule has 1 heterocycles. The van der Waals surface area contributed by atoms with E-state index in [2.05, 4.69) is 6.58 Å². The molecule has 1 aromatic carbocycles. The Morgan fingerprint density at radius 2 is 1.96 bits per heavy atom. The van der Waals surface area contributed by atoms with E-state index in [0.29, 0.717) is 16.6 Å². The topological polar surface area (TPSA) is 40.5 Å². The van der Waals surface area contributed by atoms with Crippen molar-refractivity contribution in [2.24, 2.45) is 0 Å². The molecule has 0 saturated carbocycles. The van der Waals surface area contributed by atoms with Crippen LogP contribution in [-0.2, 0) is 4.74 Å². The molecule has 23 heavy (non-hydrogen) atoms. The smallest absolute Gasteiger partial charge is 0.338 e. The number of carbonyl (C=O) groups is 1. The molecule has 0 amide bonds. The highest BCUT2D eigenvalue weighted by atomic mass is 32.1. The molecule has 4 nitrogen and oxygen atoms in total. The average molecular weight is 329 g/mol. The summed E-state index contributed by atoms with van der Waals surface area (Å²) in [4.78, 5) is 18.0. The van der Waals surface area contributed by atoms with Crippen LogP contribution in [-0.4, -0.2) is 22.9 Å². The Bertz CT molecular complexity index is 711. The van der Waals surface area contributed by atoms with Crippen molar-refractivity contribution in [3.05, 3.63) is 77.6 Å². The number of rotatable bonds is 7. The fraction of sp³-hybridized carbons (Fsp3) is 0.222. The molecule has 2 atom stereocenters. The lowest BCUT2D eigenvalue weighted by atomic mass is 10.1. The Morgan fingerprint density at radius 1 is 1.26 bits per heavy atom. The van der Waals surface area contributed by atoms with Crippen LogP contribution in [0.2, 0.25) is 0 Å². The van der Waals surface area contributed by atoms with Crippen LogP contribution < -0.4 is 4.84 Å². The zero-order chi connectivity index (χ0) is 16.7. The first-order valence-electron chi connectivity index (χ1n) is 7.33. The number of esters is 1. The maximum atomic E-state index is 12.2. The van der Waals surface area contributed by atoms with Gasteiger partial charge >= 0.3 is 5.97 Å². The second kappa shape index (κ2) is 8.29. The first-order valence-corrected chi connectivity index (χ1v) is 7.74. The van der Waals surface area contributed by atoms with Gasteiger partial charge in [-0.15, -0.1) is 6.58 Å². The Hall–Kier alpha value is -2.40. The summed E-state index contributed by atoms with van der Waals surface area (Å²) >= 11 is 5.20. The van der Waals surface area contributed by atoms with E-state index in [1.54, 1.807) is 42.6 Å². The van der Waals surface area contributed by atoms with Crippen LogP contribution in [0.4, 0.5) is 0 Å². The van der Waals surface area contributed by atoms with Crippen LogP contribution in [0, 0.1) is 4.64 Å². The molecular formula is C18H19NO3S. The first-order chi connectivity index (χ1) is 11.1. The highest BCUT2D eigenvalue weighted by Crippen LogP contribution is 2.12. The molecule has 0 unspecified atom stereocenters. The van der Waals surface area contributed by atoms with Crippen LogP contribution in [0.25, 0.3) is 0 Å². The minimum absolute atomic E-state index is 0.380. The SMILES string of the molecule is C=CC[C@@H](OC(=O)c1ccccc1)[C@@H](C)On1ccccc1=S. The van der Waals surface area contributed by atoms with Gasteiger partial charge in [-0.05, 0) is 31.2 Å². The van der Waals surface area contributed by atoms with Gasteiger partial charge in [0.25, 0.3) is 0 Å². The maximum absolute atomic E-state index is 12.2. The third-order valence-corrected chi connectivity index (χ3v) is 3.57. The Labute approximate surface area is 140 Å². The van der Waals surface area contributed by atoms with Gasteiger partial charge in [0.05, 0.1) is 5.56 Å². The van der Waals surface area contributed by atoms with Gasteiger partial charge < -0.3 is 9.57 Å². The third-order valence-electron chi connectivity index (χ3n) is 3.26. The number of pyridine rings is 1. The Balaban J connectivity index is 2.08. The number of hydrogen-bond acceptors (Lipinski definition) is 4. The number of aromatic nitrogens is 1. The zero-order valence-electron chi connectivity index (χ0n) is 12.9. The molecule has 0 aliphatic heterocycles. The third kappa shape index (κ3) is 4.79. The van der Waals surface area contributed by atoms with Gasteiger partial charge in [-0.1, -0.05) is 42.6 Å². The van der Waals surface area contributed by atoms with Crippen molar-refractivity contribution in [1.29, 1.82) is 0 Å². The minimum atomic E-state index is -0.456. The fourth-order valence-corrected chi connectivity index (χ4v) is 2.21. The van der Waals surface area contributed by atoms with Gasteiger partial charge in [0.1, 0.15) is 10.7 Å². The van der Waals surface area contributed by atoms with E-state index in [-0.39, 0.29) is 12.1 Å². The van der Waals surface area contributed by atoms with Crippen molar-refractivity contribution in [3.8, 4) is 0 Å². The van der Waals surface area contributed by atoms with Gasteiger partial charge in [-0.3, -0.25) is 0 Å². The Kier molecular flexibility index (Phi) is 6.11. The summed E-state index contributed by atoms with van der Waals surface area (Å²) in [7, 11) is 0. The number of nitrogens with zero attached hydrogens (tertiary/aromatic N) is 1. The van der Waals surface area contributed by atoms with Crippen LogP contribution in [0.15, 0.2) is 67.4 Å². The van der Waals surface area contributed by atoms with Gasteiger partial charge in [0.15, 0.2) is 6.10 Å². The summed E-state index contributed by atoms with van der Waals surface area (Å²) in [5.41, 5.74) is 0.505. The predicted molar refractivity (Wildman–Crippen MR) is 91.8 cm³/mol. The summed E-state index contributed by atoms with van der Waals surface area (Å²) in [6, 6.07) is 14.3. The van der Waals surface area contributed by atoms with Crippen molar-refractivity contribution >= 4 is 18.2 Å². The van der Waals surface area contributed by atoms with Crippen molar-refractivity contribution in [3.63, 3.8) is 0 Å². The summed E-state index contributed by atoms with van der Waals surface area (Å²) in [6.45, 7) is 5.55. The van der Waals surface area contributed by atoms with Crippen molar-refractivity contribution < 1.29 is 14.4 Å². The lowest BCUT2D eigenvalue weighted by Gasteiger charge is -2.24. The van der Waals surface area contributed by atoms with Crippen molar-refractivity contribution in [1.82, 2.24) is 4.73 Å². The monoisotopic (exact) mass is 329 g/mol. The zero-order valence-corrected chi connectivity index (χ0v) is 13.7. The average Bonchev–Trinajstić information content (AvgIpc) is 2.57. The van der Waals surface area contributed by atoms with Gasteiger partial charge in [0, 0.05) is 12.6 Å². The molecule has 0 aliphatic rings. The summed E-state index contributed by atoms with van der Waals surface area (Å²) in [5, 5.41) is 0. The largest absolute Gasteiger partial charge is 0.454 e. The molecule has 120 valence electrons. The number of hydrogen-bond donors (Lipinski definition) is 0. The quantitative estimate of drug-likeness (QED) is 0.440. The molecule has 0 radical (unpaired) electrons.